The number of pyridine rings is 1. The summed E-state index contributed by atoms with van der Waals surface area (Å²) >= 11 is 3.32. The molecule has 0 aliphatic carbocycles. The number of amides is 1. The Morgan fingerprint density at radius 2 is 2.29 bits per heavy atom. The molecule has 1 aliphatic rings. The van der Waals surface area contributed by atoms with Crippen LogP contribution in [0.15, 0.2) is 22.8 Å². The van der Waals surface area contributed by atoms with Crippen LogP contribution >= 0.6 is 15.9 Å². The van der Waals surface area contributed by atoms with E-state index in [4.69, 9.17) is 0 Å². The van der Waals surface area contributed by atoms with Crippen molar-refractivity contribution in [2.24, 2.45) is 0 Å². The zero-order valence-corrected chi connectivity index (χ0v) is 11.6. The number of rotatable bonds is 1. The molecule has 0 radical (unpaired) electrons. The summed E-state index contributed by atoms with van der Waals surface area (Å²) in [4.78, 5) is 18.4. The lowest BCUT2D eigenvalue weighted by Crippen LogP contribution is -2.59. The molecule has 1 N–H and O–H groups in total. The van der Waals surface area contributed by atoms with E-state index in [0.29, 0.717) is 5.69 Å². The van der Waals surface area contributed by atoms with Crippen LogP contribution in [0.25, 0.3) is 0 Å². The van der Waals surface area contributed by atoms with Gasteiger partial charge in [-0.3, -0.25) is 4.79 Å². The van der Waals surface area contributed by atoms with Gasteiger partial charge in [0.05, 0.1) is 5.54 Å². The lowest BCUT2D eigenvalue weighted by atomic mass is 9.99. The summed E-state index contributed by atoms with van der Waals surface area (Å²) in [7, 11) is 0. The van der Waals surface area contributed by atoms with E-state index in [9.17, 15) is 4.79 Å². The number of nitrogens with zero attached hydrogens (tertiary/aromatic N) is 2. The molecule has 1 aliphatic heterocycles. The molecule has 0 aromatic carbocycles. The molecule has 0 bridgehead atoms. The van der Waals surface area contributed by atoms with Crippen LogP contribution in [0.3, 0.4) is 0 Å². The van der Waals surface area contributed by atoms with Crippen LogP contribution in [0, 0.1) is 0 Å². The molecule has 1 saturated heterocycles. The van der Waals surface area contributed by atoms with Gasteiger partial charge in [0.25, 0.3) is 5.91 Å². The highest BCUT2D eigenvalue weighted by Crippen LogP contribution is 2.19. The summed E-state index contributed by atoms with van der Waals surface area (Å²) in [5.41, 5.74) is 0.340. The molecule has 1 fully saturated rings. The van der Waals surface area contributed by atoms with Crippen molar-refractivity contribution in [1.29, 1.82) is 0 Å². The molecular formula is C12H16BrN3O. The minimum atomic E-state index is -0.163. The molecule has 17 heavy (non-hydrogen) atoms. The van der Waals surface area contributed by atoms with E-state index in [1.807, 2.05) is 11.0 Å². The summed E-state index contributed by atoms with van der Waals surface area (Å²) < 4.78 is 0.883. The van der Waals surface area contributed by atoms with E-state index in [2.05, 4.69) is 40.1 Å². The van der Waals surface area contributed by atoms with Crippen molar-refractivity contribution < 1.29 is 4.79 Å². The minimum Gasteiger partial charge on any atom is -0.330 e. The van der Waals surface area contributed by atoms with Crippen LogP contribution in [0.5, 0.6) is 0 Å². The Kier molecular flexibility index (Phi) is 3.49. The molecule has 2 heterocycles. The molecule has 1 aromatic rings. The van der Waals surface area contributed by atoms with Gasteiger partial charge in [-0.05, 0) is 41.9 Å². The van der Waals surface area contributed by atoms with E-state index in [0.717, 1.165) is 24.1 Å². The number of piperazine rings is 1. The summed E-state index contributed by atoms with van der Waals surface area (Å²) in [6, 6.07) is 3.60. The van der Waals surface area contributed by atoms with Gasteiger partial charge in [0.15, 0.2) is 0 Å². The minimum absolute atomic E-state index is 0.00370. The third kappa shape index (κ3) is 2.66. The molecular weight excluding hydrogens is 282 g/mol. The van der Waals surface area contributed by atoms with Gasteiger partial charge in [-0.25, -0.2) is 4.98 Å². The Morgan fingerprint density at radius 1 is 1.53 bits per heavy atom. The van der Waals surface area contributed by atoms with Crippen molar-refractivity contribution >= 4 is 21.8 Å². The summed E-state index contributed by atoms with van der Waals surface area (Å²) in [6.45, 7) is 6.51. The molecule has 1 aromatic heterocycles. The number of carbonyl (C=O) groups excluding carboxylic acids is 1. The maximum atomic E-state index is 12.3. The number of hydrogen-bond donors (Lipinski definition) is 1. The van der Waals surface area contributed by atoms with Crippen LogP contribution in [0.2, 0.25) is 0 Å². The number of carbonyl (C=O) groups is 1. The molecule has 0 unspecified atom stereocenters. The normalized spacial score (nSPS) is 19.1. The van der Waals surface area contributed by atoms with E-state index >= 15 is 0 Å². The zero-order chi connectivity index (χ0) is 12.5. The zero-order valence-electron chi connectivity index (χ0n) is 10.0. The SMILES string of the molecule is CC1(C)CNCCN1C(=O)c1ccc(Br)cn1. The van der Waals surface area contributed by atoms with Crippen LogP contribution in [-0.4, -0.2) is 41.0 Å². The molecule has 5 heteroatoms. The van der Waals surface area contributed by atoms with Gasteiger partial charge in [0.1, 0.15) is 5.69 Å². The predicted molar refractivity (Wildman–Crippen MR) is 69.9 cm³/mol. The third-order valence-corrected chi connectivity index (χ3v) is 3.46. The second-order valence-electron chi connectivity index (χ2n) is 4.81. The first-order valence-corrected chi connectivity index (χ1v) is 6.44. The highest BCUT2D eigenvalue weighted by atomic mass is 79.9. The molecule has 0 atom stereocenters. The molecule has 4 nitrogen and oxygen atoms in total. The average molecular weight is 298 g/mol. The lowest BCUT2D eigenvalue weighted by molar-refractivity contribution is 0.0471. The number of nitrogens with one attached hydrogen (secondary N) is 1. The summed E-state index contributed by atoms with van der Waals surface area (Å²) in [5.74, 6) is 0.00370. The molecule has 0 saturated carbocycles. The van der Waals surface area contributed by atoms with E-state index in [1.165, 1.54) is 0 Å². The summed E-state index contributed by atoms with van der Waals surface area (Å²) in [6.07, 6.45) is 1.66. The standard InChI is InChI=1S/C12H16BrN3O/c1-12(2)8-14-5-6-16(12)11(17)10-4-3-9(13)7-15-10/h3-4,7,14H,5-6,8H2,1-2H3. The Balaban J connectivity index is 2.21. The number of halogens is 1. The fraction of sp³-hybridized carbons (Fsp3) is 0.500. The smallest absolute Gasteiger partial charge is 0.272 e. The van der Waals surface area contributed by atoms with Crippen LogP contribution in [-0.2, 0) is 0 Å². The fourth-order valence-corrected chi connectivity index (χ4v) is 2.23. The third-order valence-electron chi connectivity index (χ3n) is 2.99. The monoisotopic (exact) mass is 297 g/mol. The summed E-state index contributed by atoms with van der Waals surface area (Å²) in [5, 5.41) is 3.30. The first kappa shape index (κ1) is 12.5. The van der Waals surface area contributed by atoms with Crippen molar-refractivity contribution in [2.45, 2.75) is 19.4 Å². The molecule has 0 spiro atoms. The van der Waals surface area contributed by atoms with Crippen molar-refractivity contribution in [2.75, 3.05) is 19.6 Å². The Bertz CT molecular complexity index is 416. The molecule has 2 rings (SSSR count). The first-order chi connectivity index (χ1) is 8.00. The lowest BCUT2D eigenvalue weighted by Gasteiger charge is -2.42. The van der Waals surface area contributed by atoms with Gasteiger partial charge < -0.3 is 10.2 Å². The molecule has 92 valence electrons. The number of hydrogen-bond acceptors (Lipinski definition) is 3. The second-order valence-corrected chi connectivity index (χ2v) is 5.72. The van der Waals surface area contributed by atoms with Crippen LogP contribution < -0.4 is 5.32 Å². The van der Waals surface area contributed by atoms with Crippen molar-refractivity contribution in [3.63, 3.8) is 0 Å². The van der Waals surface area contributed by atoms with Gasteiger partial charge in [-0.1, -0.05) is 0 Å². The Morgan fingerprint density at radius 3 is 2.88 bits per heavy atom. The van der Waals surface area contributed by atoms with Crippen molar-refractivity contribution in [3.8, 4) is 0 Å². The topological polar surface area (TPSA) is 45.2 Å². The Labute approximate surface area is 110 Å². The van der Waals surface area contributed by atoms with E-state index < -0.39 is 0 Å². The second kappa shape index (κ2) is 4.74. The highest BCUT2D eigenvalue weighted by Gasteiger charge is 2.34. The van der Waals surface area contributed by atoms with Gasteiger partial charge in [-0.2, -0.15) is 0 Å². The largest absolute Gasteiger partial charge is 0.330 e. The Hall–Kier alpha value is -0.940. The van der Waals surface area contributed by atoms with Crippen LogP contribution in [0.4, 0.5) is 0 Å². The fourth-order valence-electron chi connectivity index (χ4n) is 2.00. The number of aromatic nitrogens is 1. The molecule has 1 amide bonds. The van der Waals surface area contributed by atoms with Gasteiger partial charge in [-0.15, -0.1) is 0 Å². The van der Waals surface area contributed by atoms with E-state index in [1.54, 1.807) is 12.3 Å². The van der Waals surface area contributed by atoms with E-state index in [-0.39, 0.29) is 11.4 Å². The predicted octanol–water partition coefficient (Wildman–Crippen LogP) is 1.67. The first-order valence-electron chi connectivity index (χ1n) is 5.65. The van der Waals surface area contributed by atoms with Gasteiger partial charge in [0.2, 0.25) is 0 Å². The maximum Gasteiger partial charge on any atom is 0.272 e. The maximum absolute atomic E-state index is 12.3. The van der Waals surface area contributed by atoms with Crippen molar-refractivity contribution in [3.05, 3.63) is 28.5 Å². The van der Waals surface area contributed by atoms with Gasteiger partial charge in [0, 0.05) is 30.3 Å². The quantitative estimate of drug-likeness (QED) is 0.858. The van der Waals surface area contributed by atoms with Crippen molar-refractivity contribution in [1.82, 2.24) is 15.2 Å². The highest BCUT2D eigenvalue weighted by molar-refractivity contribution is 9.10. The average Bonchev–Trinajstić information content (AvgIpc) is 2.28. The van der Waals surface area contributed by atoms with Crippen LogP contribution in [0.1, 0.15) is 24.3 Å². The van der Waals surface area contributed by atoms with Gasteiger partial charge >= 0.3 is 0 Å².